The molecule has 0 bridgehead atoms. The molecule has 4 rings (SSSR count). The quantitative estimate of drug-likeness (QED) is 0.482. The molecule has 7 nitrogen and oxygen atoms in total. The van der Waals surface area contributed by atoms with Gasteiger partial charge in [0.15, 0.2) is 5.82 Å². The van der Waals surface area contributed by atoms with E-state index < -0.39 is 23.7 Å². The van der Waals surface area contributed by atoms with Gasteiger partial charge < -0.3 is 14.7 Å². The summed E-state index contributed by atoms with van der Waals surface area (Å²) in [6.07, 6.45) is -5.84. The van der Waals surface area contributed by atoms with Crippen molar-refractivity contribution in [3.05, 3.63) is 74.5 Å². The van der Waals surface area contributed by atoms with Gasteiger partial charge in [-0.2, -0.15) is 13.2 Å². The van der Waals surface area contributed by atoms with Crippen molar-refractivity contribution >= 4 is 29.0 Å². The summed E-state index contributed by atoms with van der Waals surface area (Å²) in [5.41, 5.74) is -0.766. The molecule has 1 saturated heterocycles. The number of hydrogen-bond donors (Lipinski definition) is 1. The number of halogens is 5. The van der Waals surface area contributed by atoms with Gasteiger partial charge in [-0.05, 0) is 56.6 Å². The highest BCUT2D eigenvalue weighted by Crippen LogP contribution is 2.33. The molecule has 1 fully saturated rings. The Hall–Kier alpha value is -2.63. The molecule has 0 spiro atoms. The molecule has 0 saturated carbocycles. The van der Waals surface area contributed by atoms with Crippen LogP contribution in [0, 0.1) is 0 Å². The number of aliphatic hydroxyl groups excluding tert-OH is 1. The second-order valence-corrected chi connectivity index (χ2v) is 9.08. The Bertz CT molecular complexity index is 1280. The first-order valence-corrected chi connectivity index (χ1v) is 11.2. The summed E-state index contributed by atoms with van der Waals surface area (Å²) in [5, 5.41) is 10.5. The van der Waals surface area contributed by atoms with Crippen molar-refractivity contribution in [2.75, 3.05) is 32.1 Å². The van der Waals surface area contributed by atoms with Crippen LogP contribution in [0.25, 0.3) is 17.1 Å². The van der Waals surface area contributed by atoms with Gasteiger partial charge in [0.25, 0.3) is 5.56 Å². The predicted molar refractivity (Wildman–Crippen MR) is 127 cm³/mol. The van der Waals surface area contributed by atoms with Crippen LogP contribution in [0.15, 0.2) is 53.3 Å². The molecule has 3 aromatic rings. The lowest BCUT2D eigenvalue weighted by atomic mass is 10.1. The maximum atomic E-state index is 13.2. The van der Waals surface area contributed by atoms with Crippen molar-refractivity contribution in [2.24, 2.45) is 0 Å². The van der Waals surface area contributed by atoms with Gasteiger partial charge in [0.05, 0.1) is 22.4 Å². The molecule has 1 atom stereocenters. The minimum atomic E-state index is -4.51. The van der Waals surface area contributed by atoms with Crippen molar-refractivity contribution < 1.29 is 23.0 Å². The molecule has 2 heterocycles. The molecule has 1 aliphatic heterocycles. The van der Waals surface area contributed by atoms with Crippen molar-refractivity contribution in [2.45, 2.75) is 18.7 Å². The SMILES string of the molecule is CN(C)C(O)OC1CN(c2cc(=O)n(-c3ccc(C(F)(F)F)cc3)c(-c3ccc(Cl)cc3Cl)n2)C1. The fourth-order valence-electron chi connectivity index (χ4n) is 3.54. The smallest absolute Gasteiger partial charge is 0.356 e. The predicted octanol–water partition coefficient (Wildman–Crippen LogP) is 4.27. The molecule has 1 unspecified atom stereocenters. The number of aliphatic hydroxyl groups is 1. The van der Waals surface area contributed by atoms with Crippen molar-refractivity contribution in [1.82, 2.24) is 14.5 Å². The van der Waals surface area contributed by atoms with Crippen LogP contribution < -0.4 is 10.5 Å². The molecule has 0 amide bonds. The van der Waals surface area contributed by atoms with E-state index in [-0.39, 0.29) is 22.6 Å². The van der Waals surface area contributed by atoms with E-state index in [0.29, 0.717) is 29.5 Å². The Kier molecular flexibility index (Phi) is 7.12. The third-order valence-corrected chi connectivity index (χ3v) is 6.01. The third-order valence-electron chi connectivity index (χ3n) is 5.46. The van der Waals surface area contributed by atoms with E-state index in [9.17, 15) is 23.1 Å². The van der Waals surface area contributed by atoms with Crippen LogP contribution in [0.2, 0.25) is 10.0 Å². The average Bonchev–Trinajstić information content (AvgIpc) is 2.74. The topological polar surface area (TPSA) is 70.8 Å². The van der Waals surface area contributed by atoms with Crippen LogP contribution in [0.5, 0.6) is 0 Å². The van der Waals surface area contributed by atoms with Gasteiger partial charge in [-0.3, -0.25) is 14.3 Å². The summed E-state index contributed by atoms with van der Waals surface area (Å²) >= 11 is 12.4. The van der Waals surface area contributed by atoms with Gasteiger partial charge >= 0.3 is 6.18 Å². The van der Waals surface area contributed by atoms with Crippen LogP contribution in [0.4, 0.5) is 19.0 Å². The van der Waals surface area contributed by atoms with Crippen LogP contribution >= 0.6 is 23.2 Å². The van der Waals surface area contributed by atoms with Crippen LogP contribution in [0.3, 0.4) is 0 Å². The Morgan fingerprint density at radius 3 is 2.34 bits per heavy atom. The average molecular weight is 529 g/mol. The zero-order valence-electron chi connectivity index (χ0n) is 18.6. The lowest BCUT2D eigenvalue weighted by molar-refractivity contribution is -0.207. The van der Waals surface area contributed by atoms with Crippen LogP contribution in [0.1, 0.15) is 5.56 Å². The Labute approximate surface area is 208 Å². The van der Waals surface area contributed by atoms with E-state index in [0.717, 1.165) is 12.1 Å². The van der Waals surface area contributed by atoms with Crippen molar-refractivity contribution in [1.29, 1.82) is 0 Å². The lowest BCUT2D eigenvalue weighted by Gasteiger charge is -2.41. The minimum absolute atomic E-state index is 0.145. The molecule has 1 aliphatic rings. The van der Waals surface area contributed by atoms with Gasteiger partial charge in [-0.15, -0.1) is 0 Å². The molecule has 186 valence electrons. The Morgan fingerprint density at radius 2 is 1.77 bits per heavy atom. The first-order chi connectivity index (χ1) is 16.4. The molecule has 0 radical (unpaired) electrons. The second-order valence-electron chi connectivity index (χ2n) is 8.23. The summed E-state index contributed by atoms with van der Waals surface area (Å²) in [5.74, 6) is 0.491. The number of aromatic nitrogens is 2. The molecule has 12 heteroatoms. The van der Waals surface area contributed by atoms with E-state index in [2.05, 4.69) is 4.98 Å². The fraction of sp³-hybridized carbons (Fsp3) is 0.304. The Morgan fingerprint density at radius 1 is 1.11 bits per heavy atom. The third kappa shape index (κ3) is 5.46. The highest BCUT2D eigenvalue weighted by atomic mass is 35.5. The summed E-state index contributed by atoms with van der Waals surface area (Å²) in [4.78, 5) is 21.1. The minimum Gasteiger partial charge on any atom is -0.356 e. The zero-order chi connectivity index (χ0) is 25.5. The first-order valence-electron chi connectivity index (χ1n) is 10.5. The number of anilines is 1. The van der Waals surface area contributed by atoms with Crippen molar-refractivity contribution in [3.63, 3.8) is 0 Å². The van der Waals surface area contributed by atoms with Gasteiger partial charge in [0.1, 0.15) is 5.82 Å². The molecular weight excluding hydrogens is 508 g/mol. The second kappa shape index (κ2) is 9.79. The van der Waals surface area contributed by atoms with Crippen molar-refractivity contribution in [3.8, 4) is 17.1 Å². The number of rotatable bonds is 6. The highest BCUT2D eigenvalue weighted by molar-refractivity contribution is 6.36. The van der Waals surface area contributed by atoms with Gasteiger partial charge in [0, 0.05) is 29.7 Å². The maximum absolute atomic E-state index is 13.2. The van der Waals surface area contributed by atoms with Gasteiger partial charge in [0.2, 0.25) is 6.41 Å². The highest BCUT2D eigenvalue weighted by Gasteiger charge is 2.33. The van der Waals surface area contributed by atoms with Gasteiger partial charge in [-0.1, -0.05) is 23.2 Å². The normalized spacial score (nSPS) is 15.4. The molecule has 2 aromatic carbocycles. The number of ether oxygens (including phenoxy) is 1. The number of benzene rings is 2. The van der Waals surface area contributed by atoms with Gasteiger partial charge in [-0.25, -0.2) is 4.98 Å². The monoisotopic (exact) mass is 528 g/mol. The number of nitrogens with zero attached hydrogens (tertiary/aromatic N) is 4. The largest absolute Gasteiger partial charge is 0.416 e. The first kappa shape index (κ1) is 25.5. The molecule has 1 aromatic heterocycles. The molecular formula is C23H21Cl2F3N4O3. The van der Waals surface area contributed by atoms with E-state index in [1.807, 2.05) is 0 Å². The van der Waals surface area contributed by atoms with E-state index in [1.54, 1.807) is 31.1 Å². The fourth-order valence-corrected chi connectivity index (χ4v) is 4.03. The number of hydrogen-bond acceptors (Lipinski definition) is 6. The van der Waals surface area contributed by atoms with Crippen LogP contribution in [-0.4, -0.2) is 59.3 Å². The number of alkyl halides is 3. The van der Waals surface area contributed by atoms with Crippen LogP contribution in [-0.2, 0) is 10.9 Å². The summed E-state index contributed by atoms with van der Waals surface area (Å²) in [6, 6.07) is 10.2. The zero-order valence-corrected chi connectivity index (χ0v) is 20.1. The standard InChI is InChI=1S/C23H21Cl2F3N4O3/c1-30(2)22(34)35-16-11-31(12-16)19-10-20(33)32(15-6-3-13(4-7-15)23(26,27)28)21(29-19)17-8-5-14(24)9-18(17)25/h3-10,16,22,34H,11-12H2,1-2H3. The van der Waals surface area contributed by atoms with E-state index in [1.165, 1.54) is 33.7 Å². The summed E-state index contributed by atoms with van der Waals surface area (Å²) < 4.78 is 45.8. The molecule has 1 N–H and O–H groups in total. The molecule has 0 aliphatic carbocycles. The lowest BCUT2D eigenvalue weighted by Crippen LogP contribution is -2.55. The maximum Gasteiger partial charge on any atom is 0.416 e. The molecule has 35 heavy (non-hydrogen) atoms. The summed E-state index contributed by atoms with van der Waals surface area (Å²) in [7, 11) is 3.34. The van der Waals surface area contributed by atoms with E-state index >= 15 is 0 Å². The van der Waals surface area contributed by atoms with E-state index in [4.69, 9.17) is 27.9 Å². The summed E-state index contributed by atoms with van der Waals surface area (Å²) in [6.45, 7) is 0.769. The Balaban J connectivity index is 1.74.